The molecule has 0 unspecified atom stereocenters. The van der Waals surface area contributed by atoms with Crippen molar-refractivity contribution in [3.05, 3.63) is 83.9 Å². The van der Waals surface area contributed by atoms with Gasteiger partial charge in [-0.1, -0.05) is 48.5 Å². The van der Waals surface area contributed by atoms with Gasteiger partial charge < -0.3 is 20.4 Å². The van der Waals surface area contributed by atoms with Crippen LogP contribution in [0.25, 0.3) is 21.5 Å². The number of aromatic carboxylic acids is 2. The van der Waals surface area contributed by atoms with Gasteiger partial charge in [0, 0.05) is 0 Å². The Bertz CT molecular complexity index is 1110. The van der Waals surface area contributed by atoms with Crippen LogP contribution in [0.3, 0.4) is 0 Å². The topological polar surface area (TPSA) is 121 Å². The van der Waals surface area contributed by atoms with Crippen LogP contribution in [0, 0.1) is 0 Å². The second kappa shape index (κ2) is 12.3. The first-order chi connectivity index (χ1) is 13.3. The maximum atomic E-state index is 11.0. The fourth-order valence-electron chi connectivity index (χ4n) is 2.71. The second-order valence-electron chi connectivity index (χ2n) is 6.06. The van der Waals surface area contributed by atoms with Gasteiger partial charge in [-0.2, -0.15) is 0 Å². The summed E-state index contributed by atoms with van der Waals surface area (Å²) >= 11 is 0. The molecule has 30 heavy (non-hydrogen) atoms. The van der Waals surface area contributed by atoms with Crippen LogP contribution in [-0.4, -0.2) is 22.2 Å². The quantitative estimate of drug-likeness (QED) is 0.318. The van der Waals surface area contributed by atoms with Gasteiger partial charge in [-0.25, -0.2) is 9.59 Å². The standard InChI is InChI=1S/2C11H8O3.2K/c2*12-10-4-3-7-5-9(11(13)14)2-1-8(7)6-10;;/h2*1-6,12H,(H,13,14);;/q;;2*+1/p-2. The van der Waals surface area contributed by atoms with Crippen molar-refractivity contribution in [2.75, 3.05) is 0 Å². The van der Waals surface area contributed by atoms with Crippen LogP contribution < -0.4 is 113 Å². The summed E-state index contributed by atoms with van der Waals surface area (Å²) in [5.41, 5.74) is 0.465. The molecule has 0 saturated carbocycles. The summed E-state index contributed by atoms with van der Waals surface area (Å²) in [6.45, 7) is 0. The molecule has 4 aromatic rings. The Labute approximate surface area is 257 Å². The van der Waals surface area contributed by atoms with E-state index in [1.54, 1.807) is 36.4 Å². The number of carboxylic acids is 2. The first-order valence-corrected chi connectivity index (χ1v) is 8.22. The van der Waals surface area contributed by atoms with E-state index in [0.717, 1.165) is 21.5 Å². The summed E-state index contributed by atoms with van der Waals surface area (Å²) in [6, 6.07) is 18.4. The molecule has 0 saturated heterocycles. The predicted molar refractivity (Wildman–Crippen MR) is 101 cm³/mol. The number of carbonyl (C=O) groups is 2. The zero-order valence-corrected chi connectivity index (χ0v) is 22.7. The van der Waals surface area contributed by atoms with Crippen molar-refractivity contribution in [3.63, 3.8) is 0 Å². The van der Waals surface area contributed by atoms with Gasteiger partial charge in [0.2, 0.25) is 0 Å². The fourth-order valence-corrected chi connectivity index (χ4v) is 2.71. The van der Waals surface area contributed by atoms with Gasteiger partial charge in [0.15, 0.2) is 0 Å². The van der Waals surface area contributed by atoms with Crippen molar-refractivity contribution < 1.29 is 133 Å². The van der Waals surface area contributed by atoms with Crippen molar-refractivity contribution in [2.45, 2.75) is 0 Å². The maximum absolute atomic E-state index is 11.0. The second-order valence-corrected chi connectivity index (χ2v) is 6.06. The number of carboxylic acid groups (broad SMARTS) is 2. The van der Waals surface area contributed by atoms with Crippen molar-refractivity contribution >= 4 is 33.5 Å². The van der Waals surface area contributed by atoms with E-state index in [1.807, 2.05) is 0 Å². The molecule has 0 aliphatic carbocycles. The first-order valence-electron chi connectivity index (χ1n) is 8.22. The number of benzene rings is 4. The minimum absolute atomic E-state index is 0. The summed E-state index contributed by atoms with van der Waals surface area (Å²) in [4.78, 5) is 21.3. The normalized spacial score (nSPS) is 9.60. The Morgan fingerprint density at radius 2 is 0.833 bits per heavy atom. The summed E-state index contributed by atoms with van der Waals surface area (Å²) in [5, 5.41) is 42.5. The van der Waals surface area contributed by atoms with Gasteiger partial charge >= 0.3 is 115 Å². The molecule has 4 aromatic carbocycles. The third kappa shape index (κ3) is 7.13. The van der Waals surface area contributed by atoms with Crippen molar-refractivity contribution in [1.82, 2.24) is 0 Å². The van der Waals surface area contributed by atoms with Gasteiger partial charge in [-0.05, 0) is 45.8 Å². The Balaban J connectivity index is 0.000000281. The Hall–Kier alpha value is -0.787. The molecule has 140 valence electrons. The van der Waals surface area contributed by atoms with E-state index in [1.165, 1.54) is 36.4 Å². The van der Waals surface area contributed by atoms with E-state index in [4.69, 9.17) is 10.2 Å². The third-order valence-electron chi connectivity index (χ3n) is 4.12. The third-order valence-corrected chi connectivity index (χ3v) is 4.12. The van der Waals surface area contributed by atoms with E-state index in [0.29, 0.717) is 0 Å². The summed E-state index contributed by atoms with van der Waals surface area (Å²) in [6.07, 6.45) is 0. The maximum Gasteiger partial charge on any atom is 1.00 e. The molecule has 0 spiro atoms. The van der Waals surface area contributed by atoms with Crippen LogP contribution in [-0.2, 0) is 0 Å². The van der Waals surface area contributed by atoms with Gasteiger partial charge in [-0.3, -0.25) is 0 Å². The van der Waals surface area contributed by atoms with Gasteiger partial charge in [-0.15, -0.1) is 11.5 Å². The van der Waals surface area contributed by atoms with E-state index in [9.17, 15) is 19.8 Å². The van der Waals surface area contributed by atoms with Gasteiger partial charge in [0.05, 0.1) is 11.1 Å². The zero-order valence-electron chi connectivity index (χ0n) is 16.5. The Morgan fingerprint density at radius 3 is 1.17 bits per heavy atom. The molecular formula is C22H14K2O6. The van der Waals surface area contributed by atoms with Crippen LogP contribution >= 0.6 is 0 Å². The molecular weight excluding hydrogens is 438 g/mol. The molecule has 0 heterocycles. The smallest absolute Gasteiger partial charge is 0.872 e. The summed E-state index contributed by atoms with van der Waals surface area (Å²) in [5.74, 6) is -2.06. The minimum atomic E-state index is -0.960. The molecule has 0 aliphatic heterocycles. The fraction of sp³-hybridized carbons (Fsp3) is 0. The number of fused-ring (bicyclic) bond motifs is 2. The molecule has 0 fully saturated rings. The van der Waals surface area contributed by atoms with Crippen molar-refractivity contribution in [2.24, 2.45) is 0 Å². The van der Waals surface area contributed by atoms with Crippen LogP contribution in [0.1, 0.15) is 20.7 Å². The number of hydrogen-bond donors (Lipinski definition) is 2. The number of hydrogen-bond acceptors (Lipinski definition) is 4. The van der Waals surface area contributed by atoms with Crippen LogP contribution in [0.5, 0.6) is 11.5 Å². The monoisotopic (exact) mass is 452 g/mol. The molecule has 6 nitrogen and oxygen atoms in total. The Morgan fingerprint density at radius 1 is 0.533 bits per heavy atom. The van der Waals surface area contributed by atoms with Gasteiger partial charge in [0.25, 0.3) is 0 Å². The van der Waals surface area contributed by atoms with Crippen molar-refractivity contribution in [3.8, 4) is 11.5 Å². The average molecular weight is 453 g/mol. The average Bonchev–Trinajstić information content (AvgIpc) is 2.67. The van der Waals surface area contributed by atoms with E-state index < -0.39 is 11.9 Å². The summed E-state index contributed by atoms with van der Waals surface area (Å²) < 4.78 is 0. The van der Waals surface area contributed by atoms with Crippen LogP contribution in [0.2, 0.25) is 0 Å². The zero-order chi connectivity index (χ0) is 20.3. The number of rotatable bonds is 2. The SMILES string of the molecule is O=C(O)c1ccc2cc([O-])ccc2c1.O=C(O)c1ccc2cc([O-])ccc2c1.[K+].[K+]. The van der Waals surface area contributed by atoms with Crippen LogP contribution in [0.4, 0.5) is 0 Å². The molecule has 0 bridgehead atoms. The van der Waals surface area contributed by atoms with Gasteiger partial charge in [0.1, 0.15) is 0 Å². The molecule has 2 N–H and O–H groups in total. The van der Waals surface area contributed by atoms with E-state index in [-0.39, 0.29) is 125 Å². The van der Waals surface area contributed by atoms with Crippen LogP contribution in [0.15, 0.2) is 72.8 Å². The van der Waals surface area contributed by atoms with Crippen molar-refractivity contribution in [1.29, 1.82) is 0 Å². The predicted octanol–water partition coefficient (Wildman–Crippen LogP) is -2.77. The van der Waals surface area contributed by atoms with E-state index >= 15 is 0 Å². The molecule has 0 aliphatic rings. The molecule has 4 rings (SSSR count). The van der Waals surface area contributed by atoms with E-state index in [2.05, 4.69) is 0 Å². The minimum Gasteiger partial charge on any atom is -0.872 e. The molecule has 0 amide bonds. The molecule has 8 heteroatoms. The molecule has 0 radical (unpaired) electrons. The Kier molecular flexibility index (Phi) is 11.2. The first kappa shape index (κ1) is 27.2. The summed E-state index contributed by atoms with van der Waals surface area (Å²) in [7, 11) is 0. The molecule has 0 aromatic heterocycles. The largest absolute Gasteiger partial charge is 1.00 e. The molecule has 0 atom stereocenters.